The maximum atomic E-state index is 10.9. The van der Waals surface area contributed by atoms with Gasteiger partial charge in [-0.1, -0.05) is 64.2 Å². The molecule has 0 aliphatic carbocycles. The van der Waals surface area contributed by atoms with Crippen molar-refractivity contribution in [2.75, 3.05) is 27.4 Å². The van der Waals surface area contributed by atoms with E-state index in [0.29, 0.717) is 13.2 Å². The molecule has 0 saturated heterocycles. The Morgan fingerprint density at radius 1 is 0.500 bits per heavy atom. The van der Waals surface area contributed by atoms with Crippen LogP contribution >= 0.6 is 16.5 Å². The molecule has 0 aliphatic rings. The van der Waals surface area contributed by atoms with Crippen LogP contribution in [-0.2, 0) is 27.2 Å². The van der Waals surface area contributed by atoms with Crippen molar-refractivity contribution in [2.45, 2.75) is 77.0 Å². The minimum atomic E-state index is -1.90. The molecule has 8 heteroatoms. The van der Waals surface area contributed by atoms with Gasteiger partial charge in [-0.3, -0.25) is 0 Å². The molecule has 0 amide bonds. The number of hydrogen-bond donors (Lipinski definition) is 0. The Bertz CT molecular complexity index is 285. The molecular formula is C16H34O6P2+2. The van der Waals surface area contributed by atoms with Crippen molar-refractivity contribution in [1.29, 1.82) is 0 Å². The van der Waals surface area contributed by atoms with Crippen molar-refractivity contribution in [3.63, 3.8) is 0 Å². The fourth-order valence-electron chi connectivity index (χ4n) is 2.36. The van der Waals surface area contributed by atoms with Gasteiger partial charge in [-0.05, 0) is 12.8 Å². The number of rotatable bonds is 19. The van der Waals surface area contributed by atoms with Crippen LogP contribution in [0.5, 0.6) is 0 Å². The molecule has 0 aromatic heterocycles. The maximum Gasteiger partial charge on any atom is 0.697 e. The van der Waals surface area contributed by atoms with E-state index in [1.54, 1.807) is 0 Å². The third kappa shape index (κ3) is 18.4. The summed E-state index contributed by atoms with van der Waals surface area (Å²) >= 11 is 0. The molecule has 0 bridgehead atoms. The van der Waals surface area contributed by atoms with Crippen LogP contribution in [-0.4, -0.2) is 27.4 Å². The van der Waals surface area contributed by atoms with Crippen LogP contribution in [0.1, 0.15) is 77.0 Å². The fraction of sp³-hybridized carbons (Fsp3) is 1.00. The van der Waals surface area contributed by atoms with Crippen LogP contribution in [0.25, 0.3) is 0 Å². The predicted molar refractivity (Wildman–Crippen MR) is 96.5 cm³/mol. The van der Waals surface area contributed by atoms with E-state index in [4.69, 9.17) is 9.05 Å². The highest BCUT2D eigenvalue weighted by Crippen LogP contribution is 2.23. The SMILES string of the molecule is CO[P+](=O)OCCCCCCCCCCCCCCO[P+](=O)OC. The Hall–Kier alpha value is 0.0400. The van der Waals surface area contributed by atoms with Crippen LogP contribution in [0, 0.1) is 0 Å². The van der Waals surface area contributed by atoms with Gasteiger partial charge in [-0.25, -0.2) is 0 Å². The molecular weight excluding hydrogens is 350 g/mol. The van der Waals surface area contributed by atoms with Gasteiger partial charge in [0.1, 0.15) is 13.2 Å². The minimum absolute atomic E-state index is 0.524. The van der Waals surface area contributed by atoms with Crippen molar-refractivity contribution >= 4 is 16.5 Å². The molecule has 24 heavy (non-hydrogen) atoms. The highest BCUT2D eigenvalue weighted by molar-refractivity contribution is 7.33. The first-order valence-corrected chi connectivity index (χ1v) is 11.2. The average Bonchev–Trinajstić information content (AvgIpc) is 2.60. The molecule has 142 valence electrons. The van der Waals surface area contributed by atoms with Gasteiger partial charge in [0, 0.05) is 9.13 Å². The summed E-state index contributed by atoms with van der Waals surface area (Å²) in [5, 5.41) is 0. The summed E-state index contributed by atoms with van der Waals surface area (Å²) in [4.78, 5) is 0. The summed E-state index contributed by atoms with van der Waals surface area (Å²) in [5.74, 6) is 0. The molecule has 6 nitrogen and oxygen atoms in total. The van der Waals surface area contributed by atoms with Gasteiger partial charge in [0.15, 0.2) is 0 Å². The summed E-state index contributed by atoms with van der Waals surface area (Å²) in [6.07, 6.45) is 14.3. The van der Waals surface area contributed by atoms with Gasteiger partial charge in [0.05, 0.1) is 14.2 Å². The molecule has 0 heterocycles. The third-order valence-corrected chi connectivity index (χ3v) is 5.11. The van der Waals surface area contributed by atoms with E-state index in [9.17, 15) is 9.13 Å². The zero-order chi connectivity index (χ0) is 17.9. The topological polar surface area (TPSA) is 71.1 Å². The highest BCUT2D eigenvalue weighted by Gasteiger charge is 2.16. The largest absolute Gasteiger partial charge is 0.697 e. The molecule has 2 unspecified atom stereocenters. The normalized spacial score (nSPS) is 12.4. The molecule has 0 N–H and O–H groups in total. The summed E-state index contributed by atoms with van der Waals surface area (Å²) in [6, 6.07) is 0. The molecule has 2 atom stereocenters. The first-order chi connectivity index (χ1) is 11.7. The highest BCUT2D eigenvalue weighted by atomic mass is 31.1. The lowest BCUT2D eigenvalue weighted by molar-refractivity contribution is 0.249. The first kappa shape index (κ1) is 24.0. The molecule has 0 fully saturated rings. The second-order valence-corrected chi connectivity index (χ2v) is 7.86. The summed E-state index contributed by atoms with van der Waals surface area (Å²) in [7, 11) is -1.02. The second-order valence-electron chi connectivity index (χ2n) is 5.72. The van der Waals surface area contributed by atoms with E-state index in [0.717, 1.165) is 25.7 Å². The van der Waals surface area contributed by atoms with Crippen molar-refractivity contribution in [3.05, 3.63) is 0 Å². The van der Waals surface area contributed by atoms with Crippen LogP contribution < -0.4 is 0 Å². The van der Waals surface area contributed by atoms with Crippen LogP contribution in [0.4, 0.5) is 0 Å². The summed E-state index contributed by atoms with van der Waals surface area (Å²) < 4.78 is 40.8. The maximum absolute atomic E-state index is 10.9. The Kier molecular flexibility index (Phi) is 19.4. The van der Waals surface area contributed by atoms with Gasteiger partial charge in [-0.2, -0.15) is 0 Å². The van der Waals surface area contributed by atoms with Gasteiger partial charge in [0.25, 0.3) is 0 Å². The van der Waals surface area contributed by atoms with E-state index in [1.807, 2.05) is 0 Å². The van der Waals surface area contributed by atoms with E-state index in [1.165, 1.54) is 65.6 Å². The van der Waals surface area contributed by atoms with Crippen LogP contribution in [0.2, 0.25) is 0 Å². The third-order valence-electron chi connectivity index (χ3n) is 3.73. The molecule has 0 radical (unpaired) electrons. The monoisotopic (exact) mass is 384 g/mol. The predicted octanol–water partition coefficient (Wildman–Crippen LogP) is 6.31. The Morgan fingerprint density at radius 2 is 0.750 bits per heavy atom. The quantitative estimate of drug-likeness (QED) is 0.192. The number of unbranched alkanes of at least 4 members (excludes halogenated alkanes) is 11. The van der Waals surface area contributed by atoms with Crippen LogP contribution in [0.3, 0.4) is 0 Å². The van der Waals surface area contributed by atoms with E-state index in [-0.39, 0.29) is 0 Å². The standard InChI is InChI=1S/C16H34O6P2/c1-19-23(17)21-15-13-11-9-7-5-3-4-6-8-10-12-14-16-22-24(18)20-2/h3-16H2,1-2H3/q+2. The second kappa shape index (κ2) is 19.4. The Morgan fingerprint density at radius 3 is 1.00 bits per heavy atom. The minimum Gasteiger partial charge on any atom is -0.122 e. The average molecular weight is 384 g/mol. The van der Waals surface area contributed by atoms with Crippen LogP contribution in [0.15, 0.2) is 0 Å². The lowest BCUT2D eigenvalue weighted by Gasteiger charge is -2.02. The summed E-state index contributed by atoms with van der Waals surface area (Å²) in [6.45, 7) is 1.05. The lowest BCUT2D eigenvalue weighted by atomic mass is 10.1. The zero-order valence-electron chi connectivity index (χ0n) is 15.2. The molecule has 0 saturated carbocycles. The zero-order valence-corrected chi connectivity index (χ0v) is 17.0. The van der Waals surface area contributed by atoms with Crippen molar-refractivity contribution < 1.29 is 27.2 Å². The van der Waals surface area contributed by atoms with Gasteiger partial charge in [-0.15, -0.1) is 18.1 Å². The Balaban J connectivity index is 3.05. The van der Waals surface area contributed by atoms with Crippen molar-refractivity contribution in [1.82, 2.24) is 0 Å². The Labute approximate surface area is 148 Å². The fourth-order valence-corrected chi connectivity index (χ4v) is 3.12. The molecule has 0 spiro atoms. The lowest BCUT2D eigenvalue weighted by Crippen LogP contribution is -1.89. The number of hydrogen-bond acceptors (Lipinski definition) is 6. The van der Waals surface area contributed by atoms with Crippen molar-refractivity contribution in [3.8, 4) is 0 Å². The summed E-state index contributed by atoms with van der Waals surface area (Å²) in [5.41, 5.74) is 0. The molecule has 0 aliphatic heterocycles. The molecule has 0 rings (SSSR count). The van der Waals surface area contributed by atoms with E-state index < -0.39 is 16.5 Å². The van der Waals surface area contributed by atoms with Gasteiger partial charge < -0.3 is 0 Å². The van der Waals surface area contributed by atoms with Gasteiger partial charge in [0.2, 0.25) is 0 Å². The van der Waals surface area contributed by atoms with Crippen molar-refractivity contribution in [2.24, 2.45) is 0 Å². The van der Waals surface area contributed by atoms with Gasteiger partial charge >= 0.3 is 16.5 Å². The molecule has 0 aromatic rings. The first-order valence-electron chi connectivity index (χ1n) is 8.99. The van der Waals surface area contributed by atoms with E-state index >= 15 is 0 Å². The smallest absolute Gasteiger partial charge is 0.122 e. The van der Waals surface area contributed by atoms with E-state index in [2.05, 4.69) is 9.05 Å². The molecule has 0 aromatic carbocycles.